The highest BCUT2D eigenvalue weighted by Crippen LogP contribution is 2.27. The summed E-state index contributed by atoms with van der Waals surface area (Å²) in [4.78, 5) is 15.9. The van der Waals surface area contributed by atoms with Gasteiger partial charge in [0.1, 0.15) is 12.2 Å². The Labute approximate surface area is 127 Å². The first kappa shape index (κ1) is 13.2. The summed E-state index contributed by atoms with van der Waals surface area (Å²) in [6, 6.07) is 0. The Bertz CT molecular complexity index is 811. The third kappa shape index (κ3) is 2.03. The van der Waals surface area contributed by atoms with Gasteiger partial charge in [-0.3, -0.25) is 4.68 Å². The van der Waals surface area contributed by atoms with E-state index in [0.29, 0.717) is 0 Å². The third-order valence-electron chi connectivity index (χ3n) is 4.02. The van der Waals surface area contributed by atoms with Gasteiger partial charge in [-0.25, -0.2) is 15.0 Å². The Hall–Kier alpha value is -2.48. The SMILES string of the molecule is Cn1cc(-c2nc3c(N4CCNCC4)ncnc3n2C)cn1. The average molecular weight is 298 g/mol. The summed E-state index contributed by atoms with van der Waals surface area (Å²) in [6.45, 7) is 3.80. The van der Waals surface area contributed by atoms with Gasteiger partial charge in [0.05, 0.1) is 11.8 Å². The lowest BCUT2D eigenvalue weighted by Crippen LogP contribution is -2.44. The van der Waals surface area contributed by atoms with Crippen LogP contribution in [0.15, 0.2) is 18.7 Å². The second-order valence-electron chi connectivity index (χ2n) is 5.50. The van der Waals surface area contributed by atoms with Crippen molar-refractivity contribution >= 4 is 17.0 Å². The molecule has 0 atom stereocenters. The molecule has 3 aromatic rings. The average Bonchev–Trinajstić information content (AvgIpc) is 3.12. The number of aromatic nitrogens is 6. The zero-order valence-electron chi connectivity index (χ0n) is 12.7. The highest BCUT2D eigenvalue weighted by atomic mass is 15.3. The highest BCUT2D eigenvalue weighted by Gasteiger charge is 2.20. The molecule has 0 bridgehead atoms. The molecule has 8 heteroatoms. The van der Waals surface area contributed by atoms with Gasteiger partial charge < -0.3 is 14.8 Å². The van der Waals surface area contributed by atoms with Gasteiger partial charge in [0.25, 0.3) is 0 Å². The Morgan fingerprint density at radius 3 is 2.68 bits per heavy atom. The van der Waals surface area contributed by atoms with Crippen molar-refractivity contribution in [3.63, 3.8) is 0 Å². The van der Waals surface area contributed by atoms with E-state index in [9.17, 15) is 0 Å². The predicted octanol–water partition coefficient (Wildman–Crippen LogP) is 0.173. The van der Waals surface area contributed by atoms with Crippen molar-refractivity contribution in [2.24, 2.45) is 14.1 Å². The zero-order chi connectivity index (χ0) is 15.1. The van der Waals surface area contributed by atoms with E-state index in [4.69, 9.17) is 4.98 Å². The Kier molecular flexibility index (Phi) is 3.04. The minimum absolute atomic E-state index is 0.849. The molecule has 0 aliphatic carbocycles. The quantitative estimate of drug-likeness (QED) is 0.727. The van der Waals surface area contributed by atoms with Crippen LogP contribution in [0.5, 0.6) is 0 Å². The first-order valence-corrected chi connectivity index (χ1v) is 7.36. The second kappa shape index (κ2) is 5.06. The highest BCUT2D eigenvalue weighted by molar-refractivity contribution is 5.86. The van der Waals surface area contributed by atoms with Crippen LogP contribution in [0.2, 0.25) is 0 Å². The molecule has 22 heavy (non-hydrogen) atoms. The van der Waals surface area contributed by atoms with Crippen LogP contribution in [0.25, 0.3) is 22.6 Å². The molecule has 1 aliphatic heterocycles. The molecule has 0 radical (unpaired) electrons. The van der Waals surface area contributed by atoms with Crippen molar-refractivity contribution in [3.8, 4) is 11.4 Å². The van der Waals surface area contributed by atoms with Crippen LogP contribution in [0.3, 0.4) is 0 Å². The van der Waals surface area contributed by atoms with Crippen LogP contribution in [0.4, 0.5) is 5.82 Å². The molecule has 8 nitrogen and oxygen atoms in total. The number of nitrogens with one attached hydrogen (secondary N) is 1. The van der Waals surface area contributed by atoms with Gasteiger partial charge in [-0.05, 0) is 0 Å². The maximum absolute atomic E-state index is 4.79. The monoisotopic (exact) mass is 298 g/mol. The van der Waals surface area contributed by atoms with E-state index in [1.807, 2.05) is 31.1 Å². The van der Waals surface area contributed by atoms with E-state index < -0.39 is 0 Å². The molecule has 4 rings (SSSR count). The minimum Gasteiger partial charge on any atom is -0.352 e. The molecule has 1 fully saturated rings. The first-order chi connectivity index (χ1) is 10.7. The minimum atomic E-state index is 0.849. The Morgan fingerprint density at radius 1 is 1.14 bits per heavy atom. The third-order valence-corrected chi connectivity index (χ3v) is 4.02. The Balaban J connectivity index is 1.86. The molecule has 1 aliphatic rings. The lowest BCUT2D eigenvalue weighted by molar-refractivity contribution is 0.586. The first-order valence-electron chi connectivity index (χ1n) is 7.36. The lowest BCUT2D eigenvalue weighted by Gasteiger charge is -2.28. The van der Waals surface area contributed by atoms with E-state index in [1.54, 1.807) is 11.0 Å². The summed E-state index contributed by atoms with van der Waals surface area (Å²) < 4.78 is 3.78. The summed E-state index contributed by atoms with van der Waals surface area (Å²) in [5.41, 5.74) is 2.68. The van der Waals surface area contributed by atoms with Crippen LogP contribution < -0.4 is 10.2 Å². The number of hydrogen-bond donors (Lipinski definition) is 1. The second-order valence-corrected chi connectivity index (χ2v) is 5.50. The topological polar surface area (TPSA) is 76.7 Å². The number of aryl methyl sites for hydroxylation is 2. The number of anilines is 1. The van der Waals surface area contributed by atoms with Gasteiger partial charge in [0, 0.05) is 46.5 Å². The van der Waals surface area contributed by atoms with Crippen molar-refractivity contribution in [3.05, 3.63) is 18.7 Å². The number of hydrogen-bond acceptors (Lipinski definition) is 6. The molecule has 1 N–H and O–H groups in total. The number of piperazine rings is 1. The molecular weight excluding hydrogens is 280 g/mol. The largest absolute Gasteiger partial charge is 0.352 e. The molecule has 0 unspecified atom stereocenters. The number of nitrogens with zero attached hydrogens (tertiary/aromatic N) is 7. The van der Waals surface area contributed by atoms with E-state index in [-0.39, 0.29) is 0 Å². The predicted molar refractivity (Wildman–Crippen MR) is 83.6 cm³/mol. The summed E-state index contributed by atoms with van der Waals surface area (Å²) in [5.74, 6) is 1.78. The van der Waals surface area contributed by atoms with Crippen molar-refractivity contribution < 1.29 is 0 Å². The van der Waals surface area contributed by atoms with E-state index in [2.05, 4.69) is 25.3 Å². The van der Waals surface area contributed by atoms with Crippen molar-refractivity contribution in [2.45, 2.75) is 0 Å². The van der Waals surface area contributed by atoms with Crippen LogP contribution in [-0.4, -0.2) is 55.5 Å². The number of rotatable bonds is 2. The van der Waals surface area contributed by atoms with Gasteiger partial charge in [-0.1, -0.05) is 0 Å². The summed E-state index contributed by atoms with van der Waals surface area (Å²) in [7, 11) is 3.88. The van der Waals surface area contributed by atoms with E-state index in [1.165, 1.54) is 0 Å². The van der Waals surface area contributed by atoms with E-state index in [0.717, 1.165) is 54.5 Å². The number of fused-ring (bicyclic) bond motifs is 1. The van der Waals surface area contributed by atoms with Crippen LogP contribution in [0, 0.1) is 0 Å². The summed E-state index contributed by atoms with van der Waals surface area (Å²) in [5, 5.41) is 7.58. The lowest BCUT2D eigenvalue weighted by atomic mass is 10.3. The van der Waals surface area contributed by atoms with Crippen molar-refractivity contribution in [1.29, 1.82) is 0 Å². The molecule has 0 aromatic carbocycles. The van der Waals surface area contributed by atoms with Crippen LogP contribution in [-0.2, 0) is 14.1 Å². The summed E-state index contributed by atoms with van der Waals surface area (Å²) in [6.07, 6.45) is 5.40. The maximum atomic E-state index is 4.79. The molecule has 0 spiro atoms. The van der Waals surface area contributed by atoms with Gasteiger partial charge >= 0.3 is 0 Å². The fourth-order valence-electron chi connectivity index (χ4n) is 2.89. The smallest absolute Gasteiger partial charge is 0.165 e. The normalized spacial score (nSPS) is 15.6. The van der Waals surface area contributed by atoms with Crippen LogP contribution in [0.1, 0.15) is 0 Å². The van der Waals surface area contributed by atoms with Crippen molar-refractivity contribution in [1.82, 2.24) is 34.6 Å². The molecule has 0 amide bonds. The molecule has 3 aromatic heterocycles. The molecule has 0 saturated carbocycles. The van der Waals surface area contributed by atoms with Crippen molar-refractivity contribution in [2.75, 3.05) is 31.1 Å². The molecule has 1 saturated heterocycles. The van der Waals surface area contributed by atoms with Crippen LogP contribution >= 0.6 is 0 Å². The van der Waals surface area contributed by atoms with Gasteiger partial charge in [-0.15, -0.1) is 0 Å². The standard InChI is InChI=1S/C14H18N8/c1-20-8-10(7-18-20)12-19-11-13(21(12)2)16-9-17-14(11)22-5-3-15-4-6-22/h7-9,15H,3-6H2,1-2H3. The molecule has 114 valence electrons. The number of imidazole rings is 1. The van der Waals surface area contributed by atoms with Gasteiger partial charge in [0.2, 0.25) is 0 Å². The van der Waals surface area contributed by atoms with Gasteiger partial charge in [-0.2, -0.15) is 5.10 Å². The maximum Gasteiger partial charge on any atom is 0.165 e. The zero-order valence-corrected chi connectivity index (χ0v) is 12.7. The fourth-order valence-corrected chi connectivity index (χ4v) is 2.89. The Morgan fingerprint density at radius 2 is 1.95 bits per heavy atom. The molecular formula is C14H18N8. The van der Waals surface area contributed by atoms with Gasteiger partial charge in [0.15, 0.2) is 17.0 Å². The van der Waals surface area contributed by atoms with E-state index >= 15 is 0 Å². The molecule has 4 heterocycles. The summed E-state index contributed by atoms with van der Waals surface area (Å²) >= 11 is 0. The fraction of sp³-hybridized carbons (Fsp3) is 0.429.